The molecule has 0 saturated carbocycles. The smallest absolute Gasteiger partial charge is 0.278 e. The summed E-state index contributed by atoms with van der Waals surface area (Å²) >= 11 is 0. The number of carbonyl (C=O) groups is 2. The van der Waals surface area contributed by atoms with E-state index in [9.17, 15) is 9.59 Å². The van der Waals surface area contributed by atoms with Gasteiger partial charge in [0.1, 0.15) is 5.70 Å². The molecule has 0 N–H and O–H groups in total. The van der Waals surface area contributed by atoms with Crippen LogP contribution in [0.25, 0.3) is 5.57 Å². The minimum absolute atomic E-state index is 0.223. The zero-order chi connectivity index (χ0) is 20.4. The summed E-state index contributed by atoms with van der Waals surface area (Å²) in [7, 11) is 0. The molecule has 2 heterocycles. The largest absolute Gasteiger partial charge is 0.368 e. The van der Waals surface area contributed by atoms with Gasteiger partial charge in [-0.25, -0.2) is 0 Å². The predicted molar refractivity (Wildman–Crippen MR) is 115 cm³/mol. The Kier molecular flexibility index (Phi) is 5.21. The highest BCUT2D eigenvalue weighted by atomic mass is 16.2. The molecule has 29 heavy (non-hydrogen) atoms. The first-order chi connectivity index (χ1) is 14.1. The van der Waals surface area contributed by atoms with Crippen LogP contribution in [-0.2, 0) is 9.59 Å². The maximum Gasteiger partial charge on any atom is 0.278 e. The van der Waals surface area contributed by atoms with E-state index in [2.05, 4.69) is 47.6 Å². The van der Waals surface area contributed by atoms with Crippen LogP contribution in [-0.4, -0.2) is 54.3 Å². The molecule has 2 aliphatic heterocycles. The molecule has 1 saturated heterocycles. The van der Waals surface area contributed by atoms with Gasteiger partial charge in [-0.15, -0.1) is 6.58 Å². The Morgan fingerprint density at radius 3 is 2.24 bits per heavy atom. The quantitative estimate of drug-likeness (QED) is 0.584. The van der Waals surface area contributed by atoms with Crippen molar-refractivity contribution in [1.82, 2.24) is 9.80 Å². The van der Waals surface area contributed by atoms with E-state index in [4.69, 9.17) is 0 Å². The highest BCUT2D eigenvalue weighted by molar-refractivity contribution is 6.35. The lowest BCUT2D eigenvalue weighted by Crippen LogP contribution is -2.47. The molecule has 1 fully saturated rings. The molecule has 0 spiro atoms. The Bertz CT molecular complexity index is 973. The van der Waals surface area contributed by atoms with Crippen LogP contribution in [0.1, 0.15) is 11.1 Å². The number of aryl methyl sites for hydroxylation is 1. The molecule has 0 aromatic heterocycles. The van der Waals surface area contributed by atoms with Crippen LogP contribution in [0.5, 0.6) is 0 Å². The van der Waals surface area contributed by atoms with E-state index >= 15 is 0 Å². The van der Waals surface area contributed by atoms with Gasteiger partial charge in [0.05, 0.1) is 5.57 Å². The van der Waals surface area contributed by atoms with E-state index in [1.165, 1.54) is 16.2 Å². The van der Waals surface area contributed by atoms with Crippen LogP contribution >= 0.6 is 0 Å². The van der Waals surface area contributed by atoms with Gasteiger partial charge in [-0.05, 0) is 30.2 Å². The van der Waals surface area contributed by atoms with Gasteiger partial charge in [-0.2, -0.15) is 0 Å². The molecular weight excluding hydrogens is 362 g/mol. The third kappa shape index (κ3) is 3.56. The molecule has 2 aliphatic rings. The summed E-state index contributed by atoms with van der Waals surface area (Å²) in [5.74, 6) is -0.463. The highest BCUT2D eigenvalue weighted by Gasteiger charge is 2.41. The van der Waals surface area contributed by atoms with Gasteiger partial charge in [0.25, 0.3) is 11.8 Å². The van der Waals surface area contributed by atoms with Crippen LogP contribution in [0.3, 0.4) is 0 Å². The monoisotopic (exact) mass is 387 g/mol. The van der Waals surface area contributed by atoms with Crippen LogP contribution in [0.2, 0.25) is 0 Å². The summed E-state index contributed by atoms with van der Waals surface area (Å²) in [6.07, 6.45) is 1.59. The summed E-state index contributed by atoms with van der Waals surface area (Å²) in [5.41, 5.74) is 4.24. The fourth-order valence-electron chi connectivity index (χ4n) is 4.03. The molecule has 0 radical (unpaired) electrons. The molecule has 2 amide bonds. The van der Waals surface area contributed by atoms with E-state index in [-0.39, 0.29) is 18.4 Å². The lowest BCUT2D eigenvalue weighted by molar-refractivity contribution is -0.136. The highest BCUT2D eigenvalue weighted by Crippen LogP contribution is 2.32. The number of nitrogens with zero attached hydrogens (tertiary/aromatic N) is 3. The van der Waals surface area contributed by atoms with Gasteiger partial charge in [0.15, 0.2) is 0 Å². The average Bonchev–Trinajstić information content (AvgIpc) is 2.99. The molecule has 4 rings (SSSR count). The van der Waals surface area contributed by atoms with E-state index in [1.807, 2.05) is 30.3 Å². The van der Waals surface area contributed by atoms with Crippen molar-refractivity contribution in [3.05, 3.63) is 84.1 Å². The Labute approximate surface area is 171 Å². The van der Waals surface area contributed by atoms with Crippen LogP contribution in [0.4, 0.5) is 5.69 Å². The minimum atomic E-state index is -0.239. The number of hydrogen-bond acceptors (Lipinski definition) is 4. The van der Waals surface area contributed by atoms with Crippen molar-refractivity contribution in [3.63, 3.8) is 0 Å². The fourth-order valence-corrected chi connectivity index (χ4v) is 4.03. The number of carbonyl (C=O) groups excluding carboxylic acids is 2. The third-order valence-electron chi connectivity index (χ3n) is 5.48. The van der Waals surface area contributed by atoms with E-state index in [0.29, 0.717) is 24.4 Å². The lowest BCUT2D eigenvalue weighted by Gasteiger charge is -2.37. The summed E-state index contributed by atoms with van der Waals surface area (Å²) in [6, 6.07) is 17.9. The van der Waals surface area contributed by atoms with Crippen molar-refractivity contribution < 1.29 is 9.59 Å². The number of amides is 2. The van der Waals surface area contributed by atoms with Crippen LogP contribution in [0, 0.1) is 6.92 Å². The zero-order valence-electron chi connectivity index (χ0n) is 16.7. The number of benzene rings is 2. The summed E-state index contributed by atoms with van der Waals surface area (Å²) < 4.78 is 0. The summed E-state index contributed by atoms with van der Waals surface area (Å²) in [6.45, 7) is 9.01. The van der Waals surface area contributed by atoms with Crippen molar-refractivity contribution >= 4 is 23.1 Å². The molecule has 0 aliphatic carbocycles. The maximum atomic E-state index is 13.1. The molecule has 0 unspecified atom stereocenters. The first kappa shape index (κ1) is 19.0. The molecule has 2 aromatic carbocycles. The lowest BCUT2D eigenvalue weighted by atomic mass is 10.0. The maximum absolute atomic E-state index is 13.1. The van der Waals surface area contributed by atoms with Crippen molar-refractivity contribution in [2.75, 3.05) is 37.6 Å². The first-order valence-corrected chi connectivity index (χ1v) is 9.93. The molecule has 5 nitrogen and oxygen atoms in total. The molecule has 0 bridgehead atoms. The average molecular weight is 387 g/mol. The van der Waals surface area contributed by atoms with Crippen molar-refractivity contribution in [2.45, 2.75) is 6.92 Å². The predicted octanol–water partition coefficient (Wildman–Crippen LogP) is 3.08. The molecule has 148 valence electrons. The van der Waals surface area contributed by atoms with Gasteiger partial charge in [0, 0.05) is 38.4 Å². The second-order valence-electron chi connectivity index (χ2n) is 7.41. The molecule has 0 atom stereocenters. The zero-order valence-corrected chi connectivity index (χ0v) is 16.7. The minimum Gasteiger partial charge on any atom is -0.368 e. The van der Waals surface area contributed by atoms with Gasteiger partial charge in [0.2, 0.25) is 0 Å². The number of rotatable bonds is 5. The van der Waals surface area contributed by atoms with E-state index in [1.54, 1.807) is 6.08 Å². The Balaban J connectivity index is 1.62. The second kappa shape index (κ2) is 7.95. The molecular formula is C24H25N3O2. The number of anilines is 1. The van der Waals surface area contributed by atoms with Gasteiger partial charge in [-0.1, -0.05) is 48.5 Å². The molecule has 2 aromatic rings. The second-order valence-corrected chi connectivity index (χ2v) is 7.41. The van der Waals surface area contributed by atoms with Crippen LogP contribution in [0.15, 0.2) is 72.9 Å². The van der Waals surface area contributed by atoms with Gasteiger partial charge < -0.3 is 9.80 Å². The Morgan fingerprint density at radius 2 is 1.59 bits per heavy atom. The third-order valence-corrected chi connectivity index (χ3v) is 5.48. The normalized spacial score (nSPS) is 17.3. The van der Waals surface area contributed by atoms with Crippen LogP contribution < -0.4 is 4.90 Å². The number of imide groups is 1. The number of hydrogen-bond donors (Lipinski definition) is 0. The number of piperazine rings is 1. The fraction of sp³-hybridized carbons (Fsp3) is 0.250. The SMILES string of the molecule is C=CCN1C(=O)C(c2ccccc2)=C(N2CCN(c3cccc(C)c3)CC2)C1=O. The van der Waals surface area contributed by atoms with Crippen molar-refractivity contribution in [3.8, 4) is 0 Å². The van der Waals surface area contributed by atoms with Crippen molar-refractivity contribution in [2.24, 2.45) is 0 Å². The summed E-state index contributed by atoms with van der Waals surface area (Å²) in [4.78, 5) is 31.9. The van der Waals surface area contributed by atoms with Gasteiger partial charge >= 0.3 is 0 Å². The summed E-state index contributed by atoms with van der Waals surface area (Å²) in [5, 5.41) is 0. The first-order valence-electron chi connectivity index (χ1n) is 9.93. The molecule has 5 heteroatoms. The van der Waals surface area contributed by atoms with Crippen molar-refractivity contribution in [1.29, 1.82) is 0 Å². The van der Waals surface area contributed by atoms with E-state index in [0.717, 1.165) is 18.7 Å². The van der Waals surface area contributed by atoms with Gasteiger partial charge in [-0.3, -0.25) is 14.5 Å². The Hall–Kier alpha value is -3.34. The standard InChI is InChI=1S/C24H25N3O2/c1-3-12-27-23(28)21(19-9-5-4-6-10-19)22(24(27)29)26-15-13-25(14-16-26)20-11-7-8-18(2)17-20/h3-11,17H,1,12-16H2,2H3. The Morgan fingerprint density at radius 1 is 0.897 bits per heavy atom. The topological polar surface area (TPSA) is 43.9 Å². The van der Waals surface area contributed by atoms with E-state index < -0.39 is 0 Å².